The van der Waals surface area contributed by atoms with Crippen molar-refractivity contribution in [1.29, 1.82) is 0 Å². The van der Waals surface area contributed by atoms with E-state index in [1.54, 1.807) is 6.92 Å². The van der Waals surface area contributed by atoms with Gasteiger partial charge < -0.3 is 5.11 Å². The van der Waals surface area contributed by atoms with Gasteiger partial charge in [0.15, 0.2) is 5.60 Å². The molecule has 30 heavy (non-hydrogen) atoms. The summed E-state index contributed by atoms with van der Waals surface area (Å²) in [4.78, 5) is 0. The minimum absolute atomic E-state index is 0.132. The van der Waals surface area contributed by atoms with Crippen LogP contribution in [-0.4, -0.2) is 37.3 Å². The van der Waals surface area contributed by atoms with Crippen LogP contribution in [0.4, 0.5) is 13.2 Å². The number of allylic oxidation sites excluding steroid dienone is 2. The van der Waals surface area contributed by atoms with Crippen molar-refractivity contribution in [3.8, 4) is 0 Å². The van der Waals surface area contributed by atoms with Crippen LogP contribution in [0, 0.1) is 28.6 Å². The van der Waals surface area contributed by atoms with Crippen LogP contribution in [0.1, 0.15) is 65.2 Å². The molecule has 4 aliphatic carbocycles. The number of alkyl halides is 3. The molecule has 0 aliphatic heterocycles. The molecule has 0 aromatic carbocycles. The summed E-state index contributed by atoms with van der Waals surface area (Å²) < 4.78 is 68.4. The molecule has 0 heterocycles. The first-order chi connectivity index (χ1) is 13.7. The van der Waals surface area contributed by atoms with E-state index in [0.29, 0.717) is 31.4 Å². The van der Waals surface area contributed by atoms with Crippen molar-refractivity contribution in [3.05, 3.63) is 11.6 Å². The van der Waals surface area contributed by atoms with Crippen molar-refractivity contribution < 1.29 is 31.0 Å². The predicted molar refractivity (Wildman–Crippen MR) is 106 cm³/mol. The molecule has 4 aliphatic rings. The molecule has 0 unspecified atom stereocenters. The van der Waals surface area contributed by atoms with E-state index >= 15 is 0 Å². The Bertz CT molecular complexity index is 898. The molecule has 3 saturated carbocycles. The summed E-state index contributed by atoms with van der Waals surface area (Å²) in [5.74, 6) is 0.293. The molecule has 170 valence electrons. The highest BCUT2D eigenvalue weighted by molar-refractivity contribution is 7.85. The topological polar surface area (TPSA) is 76.0 Å². The minimum atomic E-state index is -4.61. The number of hydrogen-bond acceptors (Lipinski definition) is 5. The zero-order valence-corrected chi connectivity index (χ0v) is 18.4. The maximum absolute atomic E-state index is 13.8. The molecule has 0 spiro atoms. The maximum Gasteiger partial charge on any atom is 0.417 e. The Hall–Kier alpha value is -1.09. The fraction of sp³-hybridized carbons (Fsp3) is 0.857. The van der Waals surface area contributed by atoms with E-state index in [-0.39, 0.29) is 29.6 Å². The van der Waals surface area contributed by atoms with Crippen LogP contribution < -0.4 is 0 Å². The highest BCUT2D eigenvalue weighted by Crippen LogP contribution is 2.69. The van der Waals surface area contributed by atoms with Crippen molar-refractivity contribution >= 4 is 15.8 Å². The van der Waals surface area contributed by atoms with Crippen molar-refractivity contribution in [3.63, 3.8) is 0 Å². The third-order valence-corrected chi connectivity index (χ3v) is 9.23. The average molecular weight is 450 g/mol. The summed E-state index contributed by atoms with van der Waals surface area (Å²) in [7, 11) is -3.66. The van der Waals surface area contributed by atoms with Gasteiger partial charge in [-0.1, -0.05) is 24.6 Å². The van der Waals surface area contributed by atoms with E-state index < -0.39 is 27.3 Å². The van der Waals surface area contributed by atoms with Crippen molar-refractivity contribution in [1.82, 2.24) is 0 Å². The molecule has 0 bridgehead atoms. The van der Waals surface area contributed by atoms with Gasteiger partial charge in [-0.05, 0) is 80.6 Å². The van der Waals surface area contributed by atoms with E-state index in [0.717, 1.165) is 25.5 Å². The van der Waals surface area contributed by atoms with E-state index in [1.165, 1.54) is 5.57 Å². The van der Waals surface area contributed by atoms with Crippen LogP contribution in [0.25, 0.3) is 0 Å². The molecular weight excluding hydrogens is 419 g/mol. The summed E-state index contributed by atoms with van der Waals surface area (Å²) in [6.45, 7) is 3.84. The second-order valence-electron chi connectivity index (χ2n) is 10.2. The number of nitrogens with zero attached hydrogens (tertiary/aromatic N) is 1. The predicted octanol–water partition coefficient (Wildman–Crippen LogP) is 4.57. The molecular formula is C21H30F3NO4S. The molecule has 0 aromatic heterocycles. The van der Waals surface area contributed by atoms with E-state index in [4.69, 9.17) is 0 Å². The summed E-state index contributed by atoms with van der Waals surface area (Å²) in [6.07, 6.45) is 2.41. The van der Waals surface area contributed by atoms with Crippen molar-refractivity contribution in [2.45, 2.75) is 77.0 Å². The van der Waals surface area contributed by atoms with Gasteiger partial charge in [0.05, 0.1) is 12.0 Å². The quantitative estimate of drug-likeness (QED) is 0.627. The summed E-state index contributed by atoms with van der Waals surface area (Å²) in [6, 6.07) is 0. The Morgan fingerprint density at radius 1 is 1.10 bits per heavy atom. The van der Waals surface area contributed by atoms with Gasteiger partial charge >= 0.3 is 16.3 Å². The molecule has 1 N–H and O–H groups in total. The first-order valence-corrected chi connectivity index (χ1v) is 12.5. The number of aliphatic hydroxyl groups is 1. The fourth-order valence-electron chi connectivity index (χ4n) is 7.24. The second-order valence-corrected chi connectivity index (χ2v) is 11.8. The molecule has 0 amide bonds. The van der Waals surface area contributed by atoms with Crippen LogP contribution in [-0.2, 0) is 14.4 Å². The van der Waals surface area contributed by atoms with E-state index in [9.17, 15) is 26.7 Å². The zero-order valence-electron chi connectivity index (χ0n) is 17.6. The van der Waals surface area contributed by atoms with Crippen LogP contribution in [0.3, 0.4) is 0 Å². The molecule has 3 fully saturated rings. The molecule has 0 saturated heterocycles. The second kappa shape index (κ2) is 6.70. The van der Waals surface area contributed by atoms with Gasteiger partial charge in [-0.25, -0.2) is 0 Å². The summed E-state index contributed by atoms with van der Waals surface area (Å²) >= 11 is 0. The van der Waals surface area contributed by atoms with Gasteiger partial charge in [-0.2, -0.15) is 21.6 Å². The Morgan fingerprint density at radius 2 is 1.77 bits per heavy atom. The van der Waals surface area contributed by atoms with Gasteiger partial charge in [0.25, 0.3) is 0 Å². The Balaban J connectivity index is 1.61. The molecule has 5 nitrogen and oxygen atoms in total. The van der Waals surface area contributed by atoms with Crippen molar-refractivity contribution in [2.24, 2.45) is 33.7 Å². The number of halogens is 3. The van der Waals surface area contributed by atoms with Gasteiger partial charge in [0, 0.05) is 5.41 Å². The minimum Gasteiger partial charge on any atom is -0.380 e. The first kappa shape index (κ1) is 22.1. The lowest BCUT2D eigenvalue weighted by molar-refractivity contribution is -0.303. The molecule has 6 atom stereocenters. The summed E-state index contributed by atoms with van der Waals surface area (Å²) in [5.41, 5.74) is -2.07. The first-order valence-electron chi connectivity index (χ1n) is 10.7. The molecule has 0 aromatic rings. The lowest BCUT2D eigenvalue weighted by atomic mass is 9.46. The van der Waals surface area contributed by atoms with E-state index in [1.807, 2.05) is 6.08 Å². The lowest BCUT2D eigenvalue weighted by Gasteiger charge is -2.59. The largest absolute Gasteiger partial charge is 0.417 e. The third kappa shape index (κ3) is 3.14. The number of fused-ring (bicyclic) bond motifs is 5. The molecule has 9 heteroatoms. The smallest absolute Gasteiger partial charge is 0.380 e. The normalized spacial score (nSPS) is 45.4. The molecule has 0 radical (unpaired) electrons. The van der Waals surface area contributed by atoms with Crippen LogP contribution in [0.5, 0.6) is 0 Å². The average Bonchev–Trinajstić information content (AvgIpc) is 2.91. The Morgan fingerprint density at radius 3 is 2.40 bits per heavy atom. The number of rotatable bonds is 2. The van der Waals surface area contributed by atoms with Gasteiger partial charge in [-0.3, -0.25) is 4.28 Å². The van der Waals surface area contributed by atoms with Gasteiger partial charge in [0.2, 0.25) is 0 Å². The SMILES string of the molecule is C[C@]12CC/C(=N\OS(C)(=O)=O)C=C1CC[C@@H]1[C@@H]2CC[C@@]2(C)[C@H]1CC[C@@]2(O)C(F)(F)F. The number of hydrogen-bond donors (Lipinski definition) is 1. The maximum atomic E-state index is 13.8. The standard InChI is InChI=1S/C21H30F3NO4S/c1-18-9-6-14(25-29-30(3,27)28)12-13(18)4-5-15-16(18)7-10-19(2)17(15)8-11-20(19,26)21(22,23)24/h12,15-17,26H,4-11H2,1-3H3/b25-14+/t15-,16+,17+,18+,19+,20+/m1/s1. The zero-order chi connectivity index (χ0) is 22.2. The van der Waals surface area contributed by atoms with Gasteiger partial charge in [-0.15, -0.1) is 0 Å². The highest BCUT2D eigenvalue weighted by atomic mass is 32.2. The van der Waals surface area contributed by atoms with Crippen molar-refractivity contribution in [2.75, 3.05) is 6.26 Å². The van der Waals surface area contributed by atoms with Crippen LogP contribution >= 0.6 is 0 Å². The number of oxime groups is 1. The highest BCUT2D eigenvalue weighted by Gasteiger charge is 2.72. The lowest BCUT2D eigenvalue weighted by Crippen LogP contribution is -2.60. The van der Waals surface area contributed by atoms with Crippen LogP contribution in [0.15, 0.2) is 16.8 Å². The Kier molecular flexibility index (Phi) is 4.94. The van der Waals surface area contributed by atoms with Gasteiger partial charge in [0.1, 0.15) is 0 Å². The summed E-state index contributed by atoms with van der Waals surface area (Å²) in [5, 5.41) is 14.5. The van der Waals surface area contributed by atoms with Crippen LogP contribution in [0.2, 0.25) is 0 Å². The molecule has 4 rings (SSSR count). The van der Waals surface area contributed by atoms with E-state index in [2.05, 4.69) is 16.4 Å². The Labute approximate surface area is 175 Å². The third-order valence-electron chi connectivity index (χ3n) is 8.89. The fourth-order valence-corrected chi connectivity index (χ4v) is 7.47. The monoisotopic (exact) mass is 449 g/mol.